The fourth-order valence-corrected chi connectivity index (χ4v) is 1.53. The molecule has 3 heteroatoms. The molecule has 0 saturated carbocycles. The highest BCUT2D eigenvalue weighted by Gasteiger charge is 1.95. The van der Waals surface area contributed by atoms with Crippen LogP contribution in [0.15, 0.2) is 29.5 Å². The summed E-state index contributed by atoms with van der Waals surface area (Å²) in [6, 6.07) is 2.15. The number of halogens is 1. The Morgan fingerprint density at radius 1 is 1.64 bits per heavy atom. The van der Waals surface area contributed by atoms with E-state index in [9.17, 15) is 0 Å². The fourth-order valence-electron chi connectivity index (χ4n) is 1.33. The molecule has 1 N–H and O–H groups in total. The van der Waals surface area contributed by atoms with Gasteiger partial charge in [-0.1, -0.05) is 29.4 Å². The van der Waals surface area contributed by atoms with Crippen LogP contribution in [0.25, 0.3) is 0 Å². The van der Waals surface area contributed by atoms with Crippen LogP contribution >= 0.6 is 15.9 Å². The van der Waals surface area contributed by atoms with E-state index in [1.54, 1.807) is 0 Å². The summed E-state index contributed by atoms with van der Waals surface area (Å²) in [5.74, 6) is 0. The van der Waals surface area contributed by atoms with Crippen molar-refractivity contribution in [1.29, 1.82) is 0 Å². The maximum absolute atomic E-state index is 3.77. The predicted molar refractivity (Wildman–Crippen MR) is 64.5 cm³/mol. The first-order valence-electron chi connectivity index (χ1n) is 4.91. The van der Waals surface area contributed by atoms with E-state index in [0.29, 0.717) is 0 Å². The van der Waals surface area contributed by atoms with Crippen LogP contribution in [0.3, 0.4) is 0 Å². The number of hydrogen-bond donors (Lipinski definition) is 1. The van der Waals surface area contributed by atoms with Gasteiger partial charge < -0.3 is 9.88 Å². The molecule has 0 unspecified atom stereocenters. The van der Waals surface area contributed by atoms with E-state index in [-0.39, 0.29) is 0 Å². The Labute approximate surface area is 94.1 Å². The molecule has 1 aromatic heterocycles. The van der Waals surface area contributed by atoms with Gasteiger partial charge in [0.05, 0.1) is 0 Å². The van der Waals surface area contributed by atoms with Crippen LogP contribution in [-0.4, -0.2) is 11.1 Å². The SMILES string of the molecule is C=C(Br)CNCc1ccn(CCC)c1. The number of rotatable bonds is 6. The van der Waals surface area contributed by atoms with Crippen molar-refractivity contribution in [2.75, 3.05) is 6.54 Å². The Morgan fingerprint density at radius 2 is 2.43 bits per heavy atom. The van der Waals surface area contributed by atoms with E-state index in [2.05, 4.69) is 57.8 Å². The Hall–Kier alpha value is -0.540. The summed E-state index contributed by atoms with van der Waals surface area (Å²) in [7, 11) is 0. The Bertz CT molecular complexity index is 291. The Balaban J connectivity index is 2.32. The number of nitrogens with zero attached hydrogens (tertiary/aromatic N) is 1. The molecule has 0 aliphatic rings. The van der Waals surface area contributed by atoms with Crippen LogP contribution in [0, 0.1) is 0 Å². The lowest BCUT2D eigenvalue weighted by atomic mass is 10.3. The van der Waals surface area contributed by atoms with Gasteiger partial charge in [-0.05, 0) is 18.1 Å². The smallest absolute Gasteiger partial charge is 0.0268 e. The second-order valence-corrected chi connectivity index (χ2v) is 4.50. The van der Waals surface area contributed by atoms with Crippen molar-refractivity contribution in [1.82, 2.24) is 9.88 Å². The molecule has 78 valence electrons. The summed E-state index contributed by atoms with van der Waals surface area (Å²) in [6.45, 7) is 8.78. The molecule has 0 saturated heterocycles. The van der Waals surface area contributed by atoms with E-state index in [1.807, 2.05) is 0 Å². The topological polar surface area (TPSA) is 17.0 Å². The molecule has 0 amide bonds. The monoisotopic (exact) mass is 256 g/mol. The first kappa shape index (κ1) is 11.5. The zero-order valence-electron chi connectivity index (χ0n) is 8.59. The minimum absolute atomic E-state index is 0.818. The van der Waals surface area contributed by atoms with Gasteiger partial charge in [-0.25, -0.2) is 0 Å². The number of aromatic nitrogens is 1. The standard InChI is InChI=1S/C11H17BrN2/c1-3-5-14-6-4-11(9-14)8-13-7-10(2)12/h4,6,9,13H,2-3,5,7-8H2,1H3. The molecule has 1 heterocycles. The second-order valence-electron chi connectivity index (χ2n) is 3.38. The highest BCUT2D eigenvalue weighted by atomic mass is 79.9. The third kappa shape index (κ3) is 4.11. The Kier molecular flexibility index (Phi) is 4.98. The quantitative estimate of drug-likeness (QED) is 0.829. The van der Waals surface area contributed by atoms with Crippen molar-refractivity contribution < 1.29 is 0 Å². The molecule has 2 nitrogen and oxygen atoms in total. The lowest BCUT2D eigenvalue weighted by Gasteiger charge is -2.01. The normalized spacial score (nSPS) is 10.4. The first-order chi connectivity index (χ1) is 6.72. The highest BCUT2D eigenvalue weighted by molar-refractivity contribution is 9.11. The van der Waals surface area contributed by atoms with E-state index in [1.165, 1.54) is 12.0 Å². The molecule has 0 fully saturated rings. The minimum atomic E-state index is 0.818. The average molecular weight is 257 g/mol. The fraction of sp³-hybridized carbons (Fsp3) is 0.455. The van der Waals surface area contributed by atoms with Gasteiger partial charge in [-0.2, -0.15) is 0 Å². The van der Waals surface area contributed by atoms with Crippen molar-refractivity contribution in [2.24, 2.45) is 0 Å². The third-order valence-electron chi connectivity index (χ3n) is 1.94. The maximum atomic E-state index is 3.77. The van der Waals surface area contributed by atoms with Gasteiger partial charge in [0.15, 0.2) is 0 Å². The van der Waals surface area contributed by atoms with Crippen molar-refractivity contribution >= 4 is 15.9 Å². The van der Waals surface area contributed by atoms with Crippen LogP contribution < -0.4 is 5.32 Å². The molecule has 0 atom stereocenters. The summed E-state index contributed by atoms with van der Waals surface area (Å²) in [5, 5.41) is 3.30. The van der Waals surface area contributed by atoms with Gasteiger partial charge in [0.2, 0.25) is 0 Å². The van der Waals surface area contributed by atoms with E-state index < -0.39 is 0 Å². The molecule has 0 aliphatic carbocycles. The molecule has 14 heavy (non-hydrogen) atoms. The van der Waals surface area contributed by atoms with Crippen LogP contribution in [0.5, 0.6) is 0 Å². The van der Waals surface area contributed by atoms with Crippen LogP contribution in [-0.2, 0) is 13.1 Å². The zero-order chi connectivity index (χ0) is 10.4. The number of nitrogens with one attached hydrogen (secondary N) is 1. The third-order valence-corrected chi connectivity index (χ3v) is 2.22. The molecule has 1 aromatic rings. The van der Waals surface area contributed by atoms with E-state index in [0.717, 1.165) is 24.1 Å². The van der Waals surface area contributed by atoms with Crippen LogP contribution in [0.1, 0.15) is 18.9 Å². The van der Waals surface area contributed by atoms with Crippen LogP contribution in [0.4, 0.5) is 0 Å². The van der Waals surface area contributed by atoms with E-state index >= 15 is 0 Å². The summed E-state index contributed by atoms with van der Waals surface area (Å²) in [4.78, 5) is 0. The second kappa shape index (κ2) is 6.04. The maximum Gasteiger partial charge on any atom is 0.0268 e. The van der Waals surface area contributed by atoms with Crippen molar-refractivity contribution in [2.45, 2.75) is 26.4 Å². The van der Waals surface area contributed by atoms with E-state index in [4.69, 9.17) is 0 Å². The van der Waals surface area contributed by atoms with Crippen molar-refractivity contribution in [3.63, 3.8) is 0 Å². The molecule has 0 spiro atoms. The first-order valence-corrected chi connectivity index (χ1v) is 5.70. The summed E-state index contributed by atoms with van der Waals surface area (Å²) in [6.07, 6.45) is 5.50. The molecular formula is C11H17BrN2. The molecule has 0 radical (unpaired) electrons. The predicted octanol–water partition coefficient (Wildman–Crippen LogP) is 2.90. The van der Waals surface area contributed by atoms with Gasteiger partial charge >= 0.3 is 0 Å². The molecule has 0 aliphatic heterocycles. The Morgan fingerprint density at radius 3 is 3.07 bits per heavy atom. The molecule has 0 aromatic carbocycles. The number of aryl methyl sites for hydroxylation is 1. The van der Waals surface area contributed by atoms with Crippen molar-refractivity contribution in [3.05, 3.63) is 35.1 Å². The largest absolute Gasteiger partial charge is 0.354 e. The van der Waals surface area contributed by atoms with Gasteiger partial charge in [0.1, 0.15) is 0 Å². The van der Waals surface area contributed by atoms with Gasteiger partial charge in [-0.3, -0.25) is 0 Å². The van der Waals surface area contributed by atoms with Gasteiger partial charge in [-0.15, -0.1) is 0 Å². The lowest BCUT2D eigenvalue weighted by Crippen LogP contribution is -2.13. The highest BCUT2D eigenvalue weighted by Crippen LogP contribution is 2.03. The average Bonchev–Trinajstić information content (AvgIpc) is 2.53. The van der Waals surface area contributed by atoms with Gasteiger partial charge in [0, 0.05) is 36.5 Å². The summed E-state index contributed by atoms with van der Waals surface area (Å²) >= 11 is 3.32. The zero-order valence-corrected chi connectivity index (χ0v) is 10.2. The van der Waals surface area contributed by atoms with Crippen LogP contribution in [0.2, 0.25) is 0 Å². The molecule has 0 bridgehead atoms. The summed E-state index contributed by atoms with van der Waals surface area (Å²) in [5.41, 5.74) is 1.33. The van der Waals surface area contributed by atoms with Crippen molar-refractivity contribution in [3.8, 4) is 0 Å². The minimum Gasteiger partial charge on any atom is -0.354 e. The van der Waals surface area contributed by atoms with Gasteiger partial charge in [0.25, 0.3) is 0 Å². The summed E-state index contributed by atoms with van der Waals surface area (Å²) < 4.78 is 3.21. The number of hydrogen-bond acceptors (Lipinski definition) is 1. The molecular weight excluding hydrogens is 240 g/mol. The lowest BCUT2D eigenvalue weighted by molar-refractivity contribution is 0.677. The molecule has 1 rings (SSSR count).